The third-order valence-corrected chi connectivity index (χ3v) is 3.92. The van der Waals surface area contributed by atoms with Crippen LogP contribution in [0.1, 0.15) is 22.1 Å². The second-order valence-electron chi connectivity index (χ2n) is 4.26. The zero-order chi connectivity index (χ0) is 13.1. The monoisotopic (exact) mass is 298 g/mol. The summed E-state index contributed by atoms with van der Waals surface area (Å²) in [5.41, 5.74) is 3.27. The maximum Gasteiger partial charge on any atom is 0.0628 e. The van der Waals surface area contributed by atoms with Gasteiger partial charge in [-0.2, -0.15) is 0 Å². The third kappa shape index (κ3) is 3.20. The van der Waals surface area contributed by atoms with Crippen molar-refractivity contribution in [1.82, 2.24) is 0 Å². The summed E-state index contributed by atoms with van der Waals surface area (Å²) in [7, 11) is 0. The topological polar surface area (TPSA) is 0 Å². The Hall–Kier alpha value is -0.690. The molecular formula is C15H13Cl3. The number of aryl methyl sites for hydroxylation is 1. The van der Waals surface area contributed by atoms with E-state index in [0.29, 0.717) is 6.42 Å². The van der Waals surface area contributed by atoms with Crippen LogP contribution in [-0.2, 0) is 6.42 Å². The molecule has 0 amide bonds. The van der Waals surface area contributed by atoms with E-state index in [1.54, 1.807) is 0 Å². The van der Waals surface area contributed by atoms with Gasteiger partial charge in [-0.3, -0.25) is 0 Å². The van der Waals surface area contributed by atoms with Crippen molar-refractivity contribution in [2.45, 2.75) is 18.7 Å². The molecule has 0 aliphatic carbocycles. The van der Waals surface area contributed by atoms with Crippen molar-refractivity contribution in [3.63, 3.8) is 0 Å². The Morgan fingerprint density at radius 3 is 2.44 bits per heavy atom. The maximum absolute atomic E-state index is 6.47. The Bertz CT molecular complexity index is 549. The molecule has 0 aliphatic rings. The largest absolute Gasteiger partial charge is 0.117 e. The van der Waals surface area contributed by atoms with Crippen molar-refractivity contribution in [2.24, 2.45) is 0 Å². The first-order valence-electron chi connectivity index (χ1n) is 5.71. The van der Waals surface area contributed by atoms with E-state index >= 15 is 0 Å². The minimum absolute atomic E-state index is 0.0952. The van der Waals surface area contributed by atoms with Crippen molar-refractivity contribution in [3.05, 3.63) is 69.2 Å². The Kier molecular flexibility index (Phi) is 4.55. The van der Waals surface area contributed by atoms with Crippen LogP contribution in [0.15, 0.2) is 42.5 Å². The molecule has 2 aromatic carbocycles. The molecule has 0 radical (unpaired) electrons. The summed E-state index contributed by atoms with van der Waals surface area (Å²) in [5.74, 6) is 0. The highest BCUT2D eigenvalue weighted by molar-refractivity contribution is 6.31. The van der Waals surface area contributed by atoms with Crippen LogP contribution >= 0.6 is 34.8 Å². The molecule has 0 N–H and O–H groups in total. The lowest BCUT2D eigenvalue weighted by atomic mass is 10.00. The predicted molar refractivity (Wildman–Crippen MR) is 79.9 cm³/mol. The average Bonchev–Trinajstić information content (AvgIpc) is 2.32. The SMILES string of the molecule is Cc1cc(Cl)ccc1C(Cl)Cc1ccccc1Cl. The Balaban J connectivity index is 2.22. The Morgan fingerprint density at radius 2 is 1.78 bits per heavy atom. The van der Waals surface area contributed by atoms with E-state index in [2.05, 4.69) is 0 Å². The van der Waals surface area contributed by atoms with Crippen LogP contribution in [0, 0.1) is 6.92 Å². The summed E-state index contributed by atoms with van der Waals surface area (Å²) < 4.78 is 0. The normalized spacial score (nSPS) is 12.4. The number of alkyl halides is 1. The fraction of sp³-hybridized carbons (Fsp3) is 0.200. The summed E-state index contributed by atoms with van der Waals surface area (Å²) in [6.07, 6.45) is 0.712. The smallest absolute Gasteiger partial charge is 0.0628 e. The molecule has 94 valence electrons. The van der Waals surface area contributed by atoms with Gasteiger partial charge in [0.25, 0.3) is 0 Å². The summed E-state index contributed by atoms with van der Waals surface area (Å²) in [5, 5.41) is 1.40. The molecule has 0 bridgehead atoms. The van der Waals surface area contributed by atoms with Gasteiger partial charge in [0.2, 0.25) is 0 Å². The number of hydrogen-bond acceptors (Lipinski definition) is 0. The lowest BCUT2D eigenvalue weighted by Crippen LogP contribution is -1.99. The molecule has 0 saturated heterocycles. The van der Waals surface area contributed by atoms with Crippen LogP contribution < -0.4 is 0 Å². The van der Waals surface area contributed by atoms with Gasteiger partial charge in [0, 0.05) is 10.0 Å². The van der Waals surface area contributed by atoms with Gasteiger partial charge in [0.05, 0.1) is 5.38 Å². The van der Waals surface area contributed by atoms with Gasteiger partial charge < -0.3 is 0 Å². The molecule has 18 heavy (non-hydrogen) atoms. The first kappa shape index (κ1) is 13.7. The molecule has 0 aliphatic heterocycles. The number of hydrogen-bond donors (Lipinski definition) is 0. The lowest BCUT2D eigenvalue weighted by molar-refractivity contribution is 0.910. The second-order valence-corrected chi connectivity index (χ2v) is 5.63. The first-order valence-corrected chi connectivity index (χ1v) is 6.90. The van der Waals surface area contributed by atoms with Gasteiger partial charge in [-0.15, -0.1) is 11.6 Å². The predicted octanol–water partition coefficient (Wildman–Crippen LogP) is 5.82. The summed E-state index contributed by atoms with van der Waals surface area (Å²) in [6, 6.07) is 13.6. The molecule has 1 atom stereocenters. The fourth-order valence-electron chi connectivity index (χ4n) is 1.96. The van der Waals surface area contributed by atoms with Crippen molar-refractivity contribution < 1.29 is 0 Å². The highest BCUT2D eigenvalue weighted by atomic mass is 35.5. The molecule has 2 aromatic rings. The van der Waals surface area contributed by atoms with E-state index in [4.69, 9.17) is 34.8 Å². The number of halogens is 3. The van der Waals surface area contributed by atoms with E-state index in [1.165, 1.54) is 0 Å². The minimum Gasteiger partial charge on any atom is -0.117 e. The number of rotatable bonds is 3. The van der Waals surface area contributed by atoms with Gasteiger partial charge in [-0.25, -0.2) is 0 Å². The molecule has 1 unspecified atom stereocenters. The van der Waals surface area contributed by atoms with Gasteiger partial charge in [0.1, 0.15) is 0 Å². The van der Waals surface area contributed by atoms with Crippen molar-refractivity contribution in [2.75, 3.05) is 0 Å². The van der Waals surface area contributed by atoms with Crippen molar-refractivity contribution in [1.29, 1.82) is 0 Å². The molecule has 0 saturated carbocycles. The quantitative estimate of drug-likeness (QED) is 0.626. The van der Waals surface area contributed by atoms with Crippen LogP contribution in [0.25, 0.3) is 0 Å². The van der Waals surface area contributed by atoms with Gasteiger partial charge in [-0.05, 0) is 48.2 Å². The zero-order valence-corrected chi connectivity index (χ0v) is 12.2. The van der Waals surface area contributed by atoms with E-state index in [1.807, 2.05) is 49.4 Å². The number of benzene rings is 2. The molecule has 0 aromatic heterocycles. The van der Waals surface area contributed by atoms with Crippen LogP contribution in [0.4, 0.5) is 0 Å². The molecule has 3 heteroatoms. The van der Waals surface area contributed by atoms with Crippen LogP contribution in [0.3, 0.4) is 0 Å². The standard InChI is InChI=1S/C15H13Cl3/c1-10-8-12(16)6-7-13(10)15(18)9-11-4-2-3-5-14(11)17/h2-8,15H,9H2,1H3. The highest BCUT2D eigenvalue weighted by Crippen LogP contribution is 2.31. The van der Waals surface area contributed by atoms with Crippen molar-refractivity contribution in [3.8, 4) is 0 Å². The third-order valence-electron chi connectivity index (χ3n) is 2.93. The minimum atomic E-state index is -0.0952. The van der Waals surface area contributed by atoms with Gasteiger partial charge >= 0.3 is 0 Å². The Labute approximate surface area is 122 Å². The van der Waals surface area contributed by atoms with Crippen molar-refractivity contribution >= 4 is 34.8 Å². The fourth-order valence-corrected chi connectivity index (χ4v) is 2.81. The Morgan fingerprint density at radius 1 is 1.06 bits per heavy atom. The molecule has 0 fully saturated rings. The molecule has 0 nitrogen and oxygen atoms in total. The lowest BCUT2D eigenvalue weighted by Gasteiger charge is -2.14. The summed E-state index contributed by atoms with van der Waals surface area (Å²) in [4.78, 5) is 0. The van der Waals surface area contributed by atoms with Crippen LogP contribution in [0.5, 0.6) is 0 Å². The molecular weight excluding hydrogens is 287 g/mol. The van der Waals surface area contributed by atoms with E-state index in [-0.39, 0.29) is 5.38 Å². The van der Waals surface area contributed by atoms with Gasteiger partial charge in [0.15, 0.2) is 0 Å². The second kappa shape index (κ2) is 5.97. The summed E-state index contributed by atoms with van der Waals surface area (Å²) in [6.45, 7) is 2.02. The van der Waals surface area contributed by atoms with Crippen LogP contribution in [0.2, 0.25) is 10.0 Å². The molecule has 2 rings (SSSR count). The van der Waals surface area contributed by atoms with Crippen LogP contribution in [-0.4, -0.2) is 0 Å². The van der Waals surface area contributed by atoms with Gasteiger partial charge in [-0.1, -0.05) is 47.5 Å². The first-order chi connectivity index (χ1) is 8.58. The van der Waals surface area contributed by atoms with E-state index in [0.717, 1.165) is 26.7 Å². The molecule has 0 heterocycles. The van der Waals surface area contributed by atoms with E-state index in [9.17, 15) is 0 Å². The average molecular weight is 300 g/mol. The maximum atomic E-state index is 6.47. The highest BCUT2D eigenvalue weighted by Gasteiger charge is 2.13. The summed E-state index contributed by atoms with van der Waals surface area (Å²) >= 11 is 18.6. The zero-order valence-electron chi connectivity index (χ0n) is 9.96. The van der Waals surface area contributed by atoms with E-state index < -0.39 is 0 Å². The molecule has 0 spiro atoms.